The van der Waals surface area contributed by atoms with Crippen LogP contribution in [0.5, 0.6) is 0 Å². The lowest BCUT2D eigenvalue weighted by molar-refractivity contribution is -0.128. The number of rotatable bonds is 5. The zero-order valence-corrected chi connectivity index (χ0v) is 13.7. The fourth-order valence-electron chi connectivity index (χ4n) is 2.16. The zero-order valence-electron chi connectivity index (χ0n) is 12.9. The molecule has 2 aromatic rings. The smallest absolute Gasteiger partial charge is 0.242 e. The minimum Gasteiger partial charge on any atom is -0.273 e. The third-order valence-corrected chi connectivity index (χ3v) is 3.59. The van der Waals surface area contributed by atoms with Crippen LogP contribution in [0.25, 0.3) is 0 Å². The average Bonchev–Trinajstić information content (AvgIpc) is 2.53. The minimum absolute atomic E-state index is 0.190. The van der Waals surface area contributed by atoms with E-state index in [0.29, 0.717) is 17.9 Å². The van der Waals surface area contributed by atoms with Gasteiger partial charge in [-0.1, -0.05) is 53.6 Å². The van der Waals surface area contributed by atoms with E-state index in [9.17, 15) is 9.59 Å². The molecule has 0 aliphatic rings. The fourth-order valence-corrected chi connectivity index (χ4v) is 2.29. The van der Waals surface area contributed by atoms with Gasteiger partial charge in [-0.3, -0.25) is 20.4 Å². The monoisotopic (exact) mass is 330 g/mol. The summed E-state index contributed by atoms with van der Waals surface area (Å²) >= 11 is 5.79. The van der Waals surface area contributed by atoms with Gasteiger partial charge in [-0.15, -0.1) is 0 Å². The first-order valence-electron chi connectivity index (χ1n) is 7.40. The maximum absolute atomic E-state index is 11.8. The molecule has 120 valence electrons. The maximum atomic E-state index is 11.8. The second-order valence-electron chi connectivity index (χ2n) is 5.39. The Morgan fingerprint density at radius 2 is 1.65 bits per heavy atom. The number of nitrogens with one attached hydrogen (secondary N) is 2. The summed E-state index contributed by atoms with van der Waals surface area (Å²) in [6, 6.07) is 15.0. The van der Waals surface area contributed by atoms with Crippen molar-refractivity contribution < 1.29 is 9.59 Å². The molecule has 0 saturated heterocycles. The van der Waals surface area contributed by atoms with Gasteiger partial charge in [0.15, 0.2) is 0 Å². The maximum Gasteiger partial charge on any atom is 0.242 e. The van der Waals surface area contributed by atoms with Crippen molar-refractivity contribution in [2.75, 3.05) is 0 Å². The topological polar surface area (TPSA) is 58.2 Å². The molecule has 2 aromatic carbocycles. The lowest BCUT2D eigenvalue weighted by Crippen LogP contribution is -2.42. The van der Waals surface area contributed by atoms with Crippen molar-refractivity contribution in [3.8, 4) is 0 Å². The van der Waals surface area contributed by atoms with Crippen molar-refractivity contribution in [1.29, 1.82) is 0 Å². The summed E-state index contributed by atoms with van der Waals surface area (Å²) in [5.41, 5.74) is 7.96. The summed E-state index contributed by atoms with van der Waals surface area (Å²) in [4.78, 5) is 23.5. The number of hydrogen-bond donors (Lipinski definition) is 2. The van der Waals surface area contributed by atoms with E-state index in [-0.39, 0.29) is 18.2 Å². The molecule has 2 amide bonds. The highest BCUT2D eigenvalue weighted by molar-refractivity contribution is 6.30. The molecule has 2 rings (SSSR count). The molecule has 0 radical (unpaired) electrons. The van der Waals surface area contributed by atoms with E-state index < -0.39 is 0 Å². The third kappa shape index (κ3) is 6.12. The number of carbonyl (C=O) groups is 2. The fraction of sp³-hybridized carbons (Fsp3) is 0.222. The normalized spacial score (nSPS) is 10.2. The summed E-state index contributed by atoms with van der Waals surface area (Å²) < 4.78 is 0. The van der Waals surface area contributed by atoms with Gasteiger partial charge in [0.1, 0.15) is 0 Å². The van der Waals surface area contributed by atoms with Gasteiger partial charge < -0.3 is 0 Å². The van der Waals surface area contributed by atoms with Crippen LogP contribution in [-0.4, -0.2) is 11.8 Å². The molecule has 0 aliphatic heterocycles. The number of aryl methyl sites for hydroxylation is 2. The van der Waals surface area contributed by atoms with Crippen molar-refractivity contribution in [1.82, 2.24) is 10.9 Å². The number of carbonyl (C=O) groups excluding carboxylic acids is 2. The molecule has 0 atom stereocenters. The molecule has 0 heterocycles. The Hall–Kier alpha value is -2.33. The molecule has 4 nitrogen and oxygen atoms in total. The highest BCUT2D eigenvalue weighted by Gasteiger charge is 2.06. The number of hydrogen-bond acceptors (Lipinski definition) is 2. The predicted octanol–water partition coefficient (Wildman–Crippen LogP) is 2.97. The Balaban J connectivity index is 1.71. The molecule has 0 spiro atoms. The minimum atomic E-state index is -0.267. The van der Waals surface area contributed by atoms with Crippen LogP contribution < -0.4 is 10.9 Å². The van der Waals surface area contributed by atoms with Crippen LogP contribution in [0.3, 0.4) is 0 Å². The summed E-state index contributed by atoms with van der Waals surface area (Å²) in [7, 11) is 0. The van der Waals surface area contributed by atoms with Gasteiger partial charge in [-0.25, -0.2) is 0 Å². The Bertz CT molecular complexity index is 684. The van der Waals surface area contributed by atoms with Gasteiger partial charge in [-0.05, 0) is 36.6 Å². The lowest BCUT2D eigenvalue weighted by Gasteiger charge is -2.08. The Morgan fingerprint density at radius 1 is 0.957 bits per heavy atom. The number of halogens is 1. The van der Waals surface area contributed by atoms with E-state index in [0.717, 1.165) is 11.1 Å². The second kappa shape index (κ2) is 8.34. The van der Waals surface area contributed by atoms with E-state index in [1.807, 2.05) is 31.2 Å². The standard InChI is InChI=1S/C18H19ClN2O2/c1-13-3-2-4-14(11-13)7-10-17(22)20-21-18(23)12-15-5-8-16(19)9-6-15/h2-6,8-9,11H,7,10,12H2,1H3,(H,20,22)(H,21,23). The molecule has 23 heavy (non-hydrogen) atoms. The van der Waals surface area contributed by atoms with E-state index in [1.54, 1.807) is 24.3 Å². The molecule has 0 bridgehead atoms. The quantitative estimate of drug-likeness (QED) is 0.828. The van der Waals surface area contributed by atoms with E-state index in [1.165, 1.54) is 5.56 Å². The van der Waals surface area contributed by atoms with Crippen molar-refractivity contribution >= 4 is 23.4 Å². The highest BCUT2D eigenvalue weighted by atomic mass is 35.5. The highest BCUT2D eigenvalue weighted by Crippen LogP contribution is 2.09. The van der Waals surface area contributed by atoms with Crippen molar-refractivity contribution in [3.63, 3.8) is 0 Å². The number of hydrazine groups is 1. The van der Waals surface area contributed by atoms with Gasteiger partial charge in [-0.2, -0.15) is 0 Å². The van der Waals surface area contributed by atoms with Gasteiger partial charge in [0.25, 0.3) is 0 Å². The largest absolute Gasteiger partial charge is 0.273 e. The van der Waals surface area contributed by atoms with Crippen LogP contribution in [0.1, 0.15) is 23.1 Å². The summed E-state index contributed by atoms with van der Waals surface area (Å²) in [5, 5.41) is 0.624. The molecular formula is C18H19ClN2O2. The molecule has 0 fully saturated rings. The predicted molar refractivity (Wildman–Crippen MR) is 90.9 cm³/mol. The molecule has 0 aromatic heterocycles. The first-order chi connectivity index (χ1) is 11.0. The van der Waals surface area contributed by atoms with E-state index >= 15 is 0 Å². The zero-order chi connectivity index (χ0) is 16.7. The van der Waals surface area contributed by atoms with Crippen molar-refractivity contribution in [3.05, 3.63) is 70.2 Å². The average molecular weight is 331 g/mol. The first-order valence-corrected chi connectivity index (χ1v) is 7.78. The molecule has 0 saturated carbocycles. The van der Waals surface area contributed by atoms with Gasteiger partial charge in [0.2, 0.25) is 11.8 Å². The molecule has 0 aliphatic carbocycles. The van der Waals surface area contributed by atoms with Crippen LogP contribution in [0.4, 0.5) is 0 Å². The van der Waals surface area contributed by atoms with Crippen LogP contribution in [-0.2, 0) is 22.4 Å². The molecule has 5 heteroatoms. The van der Waals surface area contributed by atoms with Gasteiger partial charge in [0, 0.05) is 11.4 Å². The van der Waals surface area contributed by atoms with Crippen LogP contribution in [0, 0.1) is 6.92 Å². The van der Waals surface area contributed by atoms with E-state index in [4.69, 9.17) is 11.6 Å². The van der Waals surface area contributed by atoms with Crippen LogP contribution in [0.15, 0.2) is 48.5 Å². The van der Waals surface area contributed by atoms with E-state index in [2.05, 4.69) is 10.9 Å². The van der Waals surface area contributed by atoms with Gasteiger partial charge in [0.05, 0.1) is 6.42 Å². The summed E-state index contributed by atoms with van der Waals surface area (Å²) in [6.07, 6.45) is 1.15. The lowest BCUT2D eigenvalue weighted by atomic mass is 10.1. The Kier molecular flexibility index (Phi) is 6.18. The molecule has 0 unspecified atom stereocenters. The Labute approximate surface area is 140 Å². The summed E-state index contributed by atoms with van der Waals surface area (Å²) in [5.74, 6) is -0.479. The second-order valence-corrected chi connectivity index (χ2v) is 5.83. The van der Waals surface area contributed by atoms with Gasteiger partial charge >= 0.3 is 0 Å². The molecular weight excluding hydrogens is 312 g/mol. The SMILES string of the molecule is Cc1cccc(CCC(=O)NNC(=O)Cc2ccc(Cl)cc2)c1. The number of benzene rings is 2. The van der Waals surface area contributed by atoms with Crippen LogP contribution >= 0.6 is 11.6 Å². The number of amides is 2. The van der Waals surface area contributed by atoms with Crippen molar-refractivity contribution in [2.24, 2.45) is 0 Å². The first kappa shape index (κ1) is 17.0. The Morgan fingerprint density at radius 3 is 2.35 bits per heavy atom. The van der Waals surface area contributed by atoms with Crippen LogP contribution in [0.2, 0.25) is 5.02 Å². The third-order valence-electron chi connectivity index (χ3n) is 3.34. The molecule has 2 N–H and O–H groups in total. The van der Waals surface area contributed by atoms with Crippen molar-refractivity contribution in [2.45, 2.75) is 26.2 Å². The summed E-state index contributed by atoms with van der Waals surface area (Å²) in [6.45, 7) is 2.01.